The first-order valence-corrected chi connectivity index (χ1v) is 5.50. The molecule has 0 aromatic heterocycles. The van der Waals surface area contributed by atoms with Gasteiger partial charge in [0.1, 0.15) is 5.75 Å². The van der Waals surface area contributed by atoms with E-state index < -0.39 is 0 Å². The van der Waals surface area contributed by atoms with Crippen LogP contribution >= 0.6 is 0 Å². The third kappa shape index (κ3) is 6.00. The van der Waals surface area contributed by atoms with Crippen LogP contribution in [0.25, 0.3) is 0 Å². The van der Waals surface area contributed by atoms with Crippen LogP contribution in [0, 0.1) is 5.92 Å². The lowest BCUT2D eigenvalue weighted by Crippen LogP contribution is -2.15. The Balaban J connectivity index is 0.000000873. The predicted molar refractivity (Wildman–Crippen MR) is 67.9 cm³/mol. The van der Waals surface area contributed by atoms with E-state index in [9.17, 15) is 4.79 Å². The van der Waals surface area contributed by atoms with Gasteiger partial charge in [0.15, 0.2) is 0 Å². The Morgan fingerprint density at radius 1 is 1.39 bits per heavy atom. The fraction of sp³-hybridized carbons (Fsp3) is 0.385. The molecule has 5 heteroatoms. The molecule has 0 saturated carbocycles. The zero-order valence-electron chi connectivity index (χ0n) is 10.9. The van der Waals surface area contributed by atoms with Gasteiger partial charge in [0.05, 0.1) is 12.5 Å². The number of primary amides is 1. The van der Waals surface area contributed by atoms with Crippen LogP contribution < -0.4 is 10.5 Å². The number of carbonyl (C=O) groups excluding carboxylic acids is 2. The van der Waals surface area contributed by atoms with E-state index in [-0.39, 0.29) is 18.3 Å². The van der Waals surface area contributed by atoms with Crippen molar-refractivity contribution in [1.82, 2.24) is 0 Å². The van der Waals surface area contributed by atoms with Crippen molar-refractivity contribution >= 4 is 12.4 Å². The highest BCUT2D eigenvalue weighted by Crippen LogP contribution is 2.19. The standard InChI is InChI=1S/C12H16O3.CH3NO/c1-9(2)12(13)15-11-7-5-4-6-10(11)8-14-3;2-1-3/h4-7,9H,8H2,1-3H3;1H,(H2,2,3). The minimum Gasteiger partial charge on any atom is -0.426 e. The fourth-order valence-electron chi connectivity index (χ4n) is 1.10. The molecule has 0 aliphatic heterocycles. The summed E-state index contributed by atoms with van der Waals surface area (Å²) in [5.41, 5.74) is 5.05. The number of ether oxygens (including phenoxy) is 2. The second kappa shape index (κ2) is 9.18. The summed E-state index contributed by atoms with van der Waals surface area (Å²) < 4.78 is 10.3. The number of nitrogens with two attached hydrogens (primary N) is 1. The number of amides is 1. The summed E-state index contributed by atoms with van der Waals surface area (Å²) in [6, 6.07) is 7.38. The third-order valence-electron chi connectivity index (χ3n) is 1.95. The van der Waals surface area contributed by atoms with Gasteiger partial charge >= 0.3 is 5.97 Å². The van der Waals surface area contributed by atoms with Crippen LogP contribution in [-0.4, -0.2) is 19.5 Å². The molecule has 1 amide bonds. The Morgan fingerprint density at radius 3 is 2.44 bits per heavy atom. The van der Waals surface area contributed by atoms with Gasteiger partial charge in [0, 0.05) is 12.7 Å². The SMILES string of the molecule is COCc1ccccc1OC(=O)C(C)C.NC=O. The Bertz CT molecular complexity index is 377. The number of rotatable bonds is 4. The third-order valence-corrected chi connectivity index (χ3v) is 1.95. The lowest BCUT2D eigenvalue weighted by molar-refractivity contribution is -0.137. The number of hydrogen-bond donors (Lipinski definition) is 1. The largest absolute Gasteiger partial charge is 0.426 e. The number of para-hydroxylation sites is 1. The Morgan fingerprint density at radius 2 is 1.94 bits per heavy atom. The van der Waals surface area contributed by atoms with E-state index >= 15 is 0 Å². The van der Waals surface area contributed by atoms with Crippen molar-refractivity contribution in [2.75, 3.05) is 7.11 Å². The normalized spacial score (nSPS) is 9.33. The molecular formula is C13H19NO4. The maximum absolute atomic E-state index is 11.4. The quantitative estimate of drug-likeness (QED) is 0.501. The predicted octanol–water partition coefficient (Wildman–Crippen LogP) is 1.50. The summed E-state index contributed by atoms with van der Waals surface area (Å²) in [6.45, 7) is 4.06. The topological polar surface area (TPSA) is 78.6 Å². The van der Waals surface area contributed by atoms with Crippen LogP contribution in [0.4, 0.5) is 0 Å². The van der Waals surface area contributed by atoms with Crippen LogP contribution in [0.5, 0.6) is 5.75 Å². The van der Waals surface area contributed by atoms with Gasteiger partial charge in [-0.3, -0.25) is 9.59 Å². The van der Waals surface area contributed by atoms with Crippen LogP contribution in [0.2, 0.25) is 0 Å². The zero-order chi connectivity index (χ0) is 14.0. The van der Waals surface area contributed by atoms with E-state index in [0.717, 1.165) is 5.56 Å². The van der Waals surface area contributed by atoms with Gasteiger partial charge in [0.25, 0.3) is 0 Å². The van der Waals surface area contributed by atoms with Crippen molar-refractivity contribution in [3.63, 3.8) is 0 Å². The van der Waals surface area contributed by atoms with Gasteiger partial charge in [-0.15, -0.1) is 0 Å². The van der Waals surface area contributed by atoms with Crippen LogP contribution in [0.3, 0.4) is 0 Å². The minimum absolute atomic E-state index is 0.124. The average Bonchev–Trinajstić information content (AvgIpc) is 2.33. The van der Waals surface area contributed by atoms with E-state index in [0.29, 0.717) is 12.4 Å². The van der Waals surface area contributed by atoms with Crippen LogP contribution in [0.15, 0.2) is 24.3 Å². The highest BCUT2D eigenvalue weighted by molar-refractivity contribution is 5.74. The maximum atomic E-state index is 11.4. The van der Waals surface area contributed by atoms with Crippen molar-refractivity contribution < 1.29 is 19.1 Å². The molecule has 1 aromatic rings. The summed E-state index contributed by atoms with van der Waals surface area (Å²) in [5, 5.41) is 0. The summed E-state index contributed by atoms with van der Waals surface area (Å²) >= 11 is 0. The minimum atomic E-state index is -0.224. The van der Waals surface area contributed by atoms with E-state index in [1.807, 2.05) is 18.2 Å². The first kappa shape index (κ1) is 16.1. The Kier molecular flexibility index (Phi) is 8.22. The molecule has 100 valence electrons. The molecular weight excluding hydrogens is 234 g/mol. The molecule has 0 fully saturated rings. The van der Waals surface area contributed by atoms with Gasteiger partial charge in [0.2, 0.25) is 6.41 Å². The van der Waals surface area contributed by atoms with Crippen molar-refractivity contribution in [3.8, 4) is 5.75 Å². The molecule has 5 nitrogen and oxygen atoms in total. The number of hydrogen-bond acceptors (Lipinski definition) is 4. The number of carbonyl (C=O) groups is 2. The van der Waals surface area contributed by atoms with Gasteiger partial charge < -0.3 is 15.2 Å². The highest BCUT2D eigenvalue weighted by Gasteiger charge is 2.11. The Labute approximate surface area is 107 Å². The lowest BCUT2D eigenvalue weighted by Gasteiger charge is -2.10. The molecule has 0 heterocycles. The van der Waals surface area contributed by atoms with Gasteiger partial charge in [-0.25, -0.2) is 0 Å². The fourth-order valence-corrected chi connectivity index (χ4v) is 1.10. The number of benzene rings is 1. The maximum Gasteiger partial charge on any atom is 0.313 e. The molecule has 0 atom stereocenters. The first-order valence-electron chi connectivity index (χ1n) is 5.50. The number of esters is 1. The molecule has 0 bridgehead atoms. The summed E-state index contributed by atoms with van der Waals surface area (Å²) in [4.78, 5) is 20.0. The molecule has 1 aromatic carbocycles. The first-order chi connectivity index (χ1) is 8.56. The smallest absolute Gasteiger partial charge is 0.313 e. The van der Waals surface area contributed by atoms with Crippen molar-refractivity contribution in [1.29, 1.82) is 0 Å². The second-order valence-corrected chi connectivity index (χ2v) is 3.75. The lowest BCUT2D eigenvalue weighted by atomic mass is 10.2. The van der Waals surface area contributed by atoms with Gasteiger partial charge in [-0.05, 0) is 6.07 Å². The summed E-state index contributed by atoms with van der Waals surface area (Å²) in [7, 11) is 1.61. The van der Waals surface area contributed by atoms with Crippen LogP contribution in [0.1, 0.15) is 19.4 Å². The zero-order valence-corrected chi connectivity index (χ0v) is 10.9. The van der Waals surface area contributed by atoms with E-state index in [4.69, 9.17) is 14.3 Å². The molecule has 0 aliphatic rings. The van der Waals surface area contributed by atoms with E-state index in [2.05, 4.69) is 5.73 Å². The molecule has 1 rings (SSSR count). The molecule has 0 aliphatic carbocycles. The molecule has 2 N–H and O–H groups in total. The molecule has 0 spiro atoms. The van der Waals surface area contributed by atoms with E-state index in [1.54, 1.807) is 27.0 Å². The average molecular weight is 253 g/mol. The van der Waals surface area contributed by atoms with E-state index in [1.165, 1.54) is 0 Å². The van der Waals surface area contributed by atoms with Gasteiger partial charge in [-0.1, -0.05) is 32.0 Å². The molecule has 0 saturated heterocycles. The van der Waals surface area contributed by atoms with Crippen molar-refractivity contribution in [2.45, 2.75) is 20.5 Å². The monoisotopic (exact) mass is 253 g/mol. The molecule has 0 radical (unpaired) electrons. The van der Waals surface area contributed by atoms with Crippen molar-refractivity contribution in [2.24, 2.45) is 11.7 Å². The van der Waals surface area contributed by atoms with Gasteiger partial charge in [-0.2, -0.15) is 0 Å². The van der Waals surface area contributed by atoms with Crippen molar-refractivity contribution in [3.05, 3.63) is 29.8 Å². The summed E-state index contributed by atoms with van der Waals surface area (Å²) in [5.74, 6) is 0.234. The molecule has 0 unspecified atom stereocenters. The highest BCUT2D eigenvalue weighted by atomic mass is 16.5. The summed E-state index contributed by atoms with van der Waals surface area (Å²) in [6.07, 6.45) is 0.250. The Hall–Kier alpha value is -1.88. The van der Waals surface area contributed by atoms with Crippen LogP contribution in [-0.2, 0) is 20.9 Å². The second-order valence-electron chi connectivity index (χ2n) is 3.75. The molecule has 18 heavy (non-hydrogen) atoms. The number of methoxy groups -OCH3 is 1.